The lowest BCUT2D eigenvalue weighted by atomic mass is 10.1. The van der Waals surface area contributed by atoms with E-state index in [1.54, 1.807) is 25.3 Å². The normalized spacial score (nSPS) is 12.3. The number of benzene rings is 1. The monoisotopic (exact) mass is 288 g/mol. The van der Waals surface area contributed by atoms with Crippen LogP contribution in [-0.4, -0.2) is 11.1 Å². The van der Waals surface area contributed by atoms with Crippen LogP contribution in [0.5, 0.6) is 5.75 Å². The molecule has 0 saturated carbocycles. The zero-order valence-corrected chi connectivity index (χ0v) is 12.9. The molecule has 0 aliphatic rings. The minimum atomic E-state index is -0.194. The first kappa shape index (κ1) is 15.3. The van der Waals surface area contributed by atoms with Gasteiger partial charge >= 0.3 is 0 Å². The van der Waals surface area contributed by atoms with E-state index in [1.807, 2.05) is 39.0 Å². The van der Waals surface area contributed by atoms with Crippen LogP contribution in [0, 0.1) is 12.7 Å². The summed E-state index contributed by atoms with van der Waals surface area (Å²) < 4.78 is 19.4. The summed E-state index contributed by atoms with van der Waals surface area (Å²) in [6.45, 7) is 7.66. The van der Waals surface area contributed by atoms with Crippen molar-refractivity contribution in [1.82, 2.24) is 4.98 Å². The van der Waals surface area contributed by atoms with E-state index < -0.39 is 0 Å². The topological polar surface area (TPSA) is 34.2 Å². The molecule has 1 aromatic carbocycles. The summed E-state index contributed by atoms with van der Waals surface area (Å²) in [7, 11) is 0. The van der Waals surface area contributed by atoms with Gasteiger partial charge in [-0.1, -0.05) is 12.1 Å². The number of nitrogens with one attached hydrogen (secondary N) is 1. The van der Waals surface area contributed by atoms with Crippen molar-refractivity contribution in [3.63, 3.8) is 0 Å². The van der Waals surface area contributed by atoms with Crippen molar-refractivity contribution in [2.24, 2.45) is 0 Å². The van der Waals surface area contributed by atoms with Crippen molar-refractivity contribution in [1.29, 1.82) is 0 Å². The Bertz CT molecular complexity index is 613. The van der Waals surface area contributed by atoms with Gasteiger partial charge in [-0.15, -0.1) is 0 Å². The lowest BCUT2D eigenvalue weighted by molar-refractivity contribution is 0.242. The Hall–Kier alpha value is -2.10. The number of anilines is 1. The first-order chi connectivity index (χ1) is 9.97. The first-order valence-corrected chi connectivity index (χ1v) is 7.11. The molecule has 1 atom stereocenters. The van der Waals surface area contributed by atoms with E-state index in [0.29, 0.717) is 17.1 Å². The molecular formula is C17H21FN2O. The molecule has 0 radical (unpaired) electrons. The molecule has 4 heteroatoms. The van der Waals surface area contributed by atoms with E-state index in [2.05, 4.69) is 10.3 Å². The summed E-state index contributed by atoms with van der Waals surface area (Å²) in [5, 5.41) is 3.28. The molecule has 1 N–H and O–H groups in total. The zero-order chi connectivity index (χ0) is 15.4. The number of ether oxygens (including phenoxy) is 1. The molecule has 0 aliphatic heterocycles. The molecule has 0 saturated heterocycles. The minimum absolute atomic E-state index is 0.0653. The number of rotatable bonds is 5. The van der Waals surface area contributed by atoms with Gasteiger partial charge in [-0.25, -0.2) is 9.37 Å². The second-order valence-electron chi connectivity index (χ2n) is 5.39. The van der Waals surface area contributed by atoms with Crippen LogP contribution in [0.1, 0.15) is 37.9 Å². The van der Waals surface area contributed by atoms with Gasteiger partial charge in [0.15, 0.2) is 11.6 Å². The molecule has 0 aliphatic carbocycles. The van der Waals surface area contributed by atoms with Crippen LogP contribution >= 0.6 is 0 Å². The maximum Gasteiger partial charge on any atom is 0.169 e. The molecular weight excluding hydrogens is 267 g/mol. The van der Waals surface area contributed by atoms with Crippen molar-refractivity contribution >= 4 is 5.82 Å². The van der Waals surface area contributed by atoms with Crippen molar-refractivity contribution in [2.45, 2.75) is 39.8 Å². The van der Waals surface area contributed by atoms with Gasteiger partial charge in [-0.05, 0) is 57.0 Å². The number of aromatic nitrogens is 1. The summed E-state index contributed by atoms with van der Waals surface area (Å²) in [5.41, 5.74) is 1.52. The van der Waals surface area contributed by atoms with Gasteiger partial charge in [0.2, 0.25) is 0 Å². The van der Waals surface area contributed by atoms with Crippen LogP contribution in [0.4, 0.5) is 10.2 Å². The van der Waals surface area contributed by atoms with Gasteiger partial charge < -0.3 is 10.1 Å². The van der Waals surface area contributed by atoms with Crippen LogP contribution in [0.2, 0.25) is 0 Å². The van der Waals surface area contributed by atoms with Crippen LogP contribution in [0.3, 0.4) is 0 Å². The van der Waals surface area contributed by atoms with Gasteiger partial charge in [0.1, 0.15) is 5.82 Å². The molecule has 0 spiro atoms. The summed E-state index contributed by atoms with van der Waals surface area (Å²) in [5.74, 6) is 1.17. The Morgan fingerprint density at radius 1 is 1.19 bits per heavy atom. The minimum Gasteiger partial charge on any atom is -0.487 e. The highest BCUT2D eigenvalue weighted by molar-refractivity contribution is 5.51. The largest absolute Gasteiger partial charge is 0.487 e. The van der Waals surface area contributed by atoms with Gasteiger partial charge in [-0.2, -0.15) is 0 Å². The molecule has 112 valence electrons. The second-order valence-corrected chi connectivity index (χ2v) is 5.39. The fraction of sp³-hybridized carbons (Fsp3) is 0.353. The van der Waals surface area contributed by atoms with Crippen LogP contribution in [0.25, 0.3) is 0 Å². The average Bonchev–Trinajstić information content (AvgIpc) is 2.43. The number of hydrogen-bond acceptors (Lipinski definition) is 3. The van der Waals surface area contributed by atoms with Gasteiger partial charge in [-0.3, -0.25) is 0 Å². The zero-order valence-electron chi connectivity index (χ0n) is 12.9. The Balaban J connectivity index is 2.19. The number of pyridine rings is 1. The second kappa shape index (κ2) is 6.57. The quantitative estimate of drug-likeness (QED) is 0.880. The van der Waals surface area contributed by atoms with Gasteiger partial charge in [0.25, 0.3) is 0 Å². The number of hydrogen-bond donors (Lipinski definition) is 1. The molecule has 1 heterocycles. The van der Waals surface area contributed by atoms with Crippen molar-refractivity contribution in [3.8, 4) is 5.75 Å². The lowest BCUT2D eigenvalue weighted by Crippen LogP contribution is -2.12. The van der Waals surface area contributed by atoms with E-state index in [1.165, 1.54) is 0 Å². The van der Waals surface area contributed by atoms with Crippen LogP contribution < -0.4 is 10.1 Å². The van der Waals surface area contributed by atoms with E-state index in [9.17, 15) is 4.39 Å². The number of halogens is 1. The smallest absolute Gasteiger partial charge is 0.169 e. The average molecular weight is 288 g/mol. The maximum atomic E-state index is 13.7. The number of nitrogens with zero attached hydrogens (tertiary/aromatic N) is 1. The third-order valence-electron chi connectivity index (χ3n) is 3.18. The number of aryl methyl sites for hydroxylation is 1. The lowest BCUT2D eigenvalue weighted by Gasteiger charge is -2.19. The molecule has 1 unspecified atom stereocenters. The van der Waals surface area contributed by atoms with Gasteiger partial charge in [0.05, 0.1) is 12.1 Å². The Morgan fingerprint density at radius 2 is 1.95 bits per heavy atom. The highest BCUT2D eigenvalue weighted by Crippen LogP contribution is 2.27. The van der Waals surface area contributed by atoms with Gasteiger partial charge in [0, 0.05) is 6.20 Å². The van der Waals surface area contributed by atoms with Crippen LogP contribution in [0.15, 0.2) is 36.5 Å². The highest BCUT2D eigenvalue weighted by Gasteiger charge is 2.12. The standard InChI is InChI=1S/C17H21FN2O/c1-11(2)21-16-6-5-9-19-17(16)20-13(4)14-8-7-12(3)15(18)10-14/h5-11,13H,1-4H3,(H,19,20). The molecule has 0 amide bonds. The fourth-order valence-electron chi connectivity index (χ4n) is 2.01. The van der Waals surface area contributed by atoms with Crippen LogP contribution in [-0.2, 0) is 0 Å². The molecule has 2 rings (SSSR count). The Morgan fingerprint density at radius 3 is 2.62 bits per heavy atom. The summed E-state index contributed by atoms with van der Waals surface area (Å²) in [6.07, 6.45) is 1.78. The molecule has 0 bridgehead atoms. The Kier molecular flexibility index (Phi) is 4.78. The molecule has 2 aromatic rings. The van der Waals surface area contributed by atoms with E-state index in [0.717, 1.165) is 5.56 Å². The maximum absolute atomic E-state index is 13.7. The predicted octanol–water partition coefficient (Wildman–Crippen LogP) is 4.49. The summed E-state index contributed by atoms with van der Waals surface area (Å²) in [4.78, 5) is 4.31. The third-order valence-corrected chi connectivity index (χ3v) is 3.18. The van der Waals surface area contributed by atoms with E-state index in [4.69, 9.17) is 4.74 Å². The molecule has 0 fully saturated rings. The fourth-order valence-corrected chi connectivity index (χ4v) is 2.01. The summed E-state index contributed by atoms with van der Waals surface area (Å²) in [6, 6.07) is 8.90. The third kappa shape index (κ3) is 3.94. The first-order valence-electron chi connectivity index (χ1n) is 7.11. The van der Waals surface area contributed by atoms with E-state index >= 15 is 0 Å². The molecule has 21 heavy (non-hydrogen) atoms. The molecule has 3 nitrogen and oxygen atoms in total. The van der Waals surface area contributed by atoms with Crippen molar-refractivity contribution in [2.75, 3.05) is 5.32 Å². The highest BCUT2D eigenvalue weighted by atomic mass is 19.1. The molecule has 1 aromatic heterocycles. The summed E-state index contributed by atoms with van der Waals surface area (Å²) >= 11 is 0. The van der Waals surface area contributed by atoms with Crippen molar-refractivity contribution in [3.05, 3.63) is 53.5 Å². The Labute approximate surface area is 125 Å². The predicted molar refractivity (Wildman–Crippen MR) is 83.2 cm³/mol. The van der Waals surface area contributed by atoms with E-state index in [-0.39, 0.29) is 18.0 Å². The van der Waals surface area contributed by atoms with Crippen molar-refractivity contribution < 1.29 is 9.13 Å². The SMILES string of the molecule is Cc1ccc(C(C)Nc2ncccc2OC(C)C)cc1F.